The number of carbonyl (C=O) groups is 1. The van der Waals surface area contributed by atoms with E-state index in [1.54, 1.807) is 24.3 Å². The molecular formula is C15H10Cl2N2O2. The number of esters is 1. The van der Waals surface area contributed by atoms with E-state index in [9.17, 15) is 4.79 Å². The molecule has 0 bridgehead atoms. The van der Waals surface area contributed by atoms with Gasteiger partial charge in [0.05, 0.1) is 27.9 Å². The lowest BCUT2D eigenvalue weighted by molar-refractivity contribution is 0.0474. The Balaban J connectivity index is 2.10. The van der Waals surface area contributed by atoms with E-state index in [0.29, 0.717) is 10.6 Å². The van der Waals surface area contributed by atoms with Crippen molar-refractivity contribution in [2.45, 2.75) is 6.61 Å². The zero-order chi connectivity index (χ0) is 15.4. The minimum Gasteiger partial charge on any atom is -0.457 e. The topological polar surface area (TPSA) is 76.1 Å². The fourth-order valence-corrected chi connectivity index (χ4v) is 2.15. The smallest absolute Gasteiger partial charge is 0.340 e. The number of hydrogen-bond donors (Lipinski definition) is 1. The number of nitrogens with zero attached hydrogens (tertiary/aromatic N) is 1. The maximum absolute atomic E-state index is 12.0. The summed E-state index contributed by atoms with van der Waals surface area (Å²) in [5, 5.41) is 9.21. The van der Waals surface area contributed by atoms with Crippen molar-refractivity contribution in [2.75, 3.05) is 5.73 Å². The van der Waals surface area contributed by atoms with E-state index >= 15 is 0 Å². The molecule has 2 N–H and O–H groups in total. The van der Waals surface area contributed by atoms with Crippen molar-refractivity contribution in [2.24, 2.45) is 0 Å². The number of nitrogen functional groups attached to an aromatic ring is 1. The van der Waals surface area contributed by atoms with Gasteiger partial charge < -0.3 is 10.5 Å². The summed E-state index contributed by atoms with van der Waals surface area (Å²) < 4.78 is 5.16. The van der Waals surface area contributed by atoms with Crippen molar-refractivity contribution >= 4 is 34.9 Å². The van der Waals surface area contributed by atoms with Crippen LogP contribution in [0.15, 0.2) is 36.4 Å². The number of hydrogen-bond acceptors (Lipinski definition) is 4. The van der Waals surface area contributed by atoms with Gasteiger partial charge in [-0.05, 0) is 29.8 Å². The standard InChI is InChI=1S/C15H10Cl2N2O2/c16-11-5-12(14(19)13(17)6-11)15(20)21-8-10-3-1-9(7-18)2-4-10/h1-6H,8,19H2. The molecule has 0 saturated heterocycles. The van der Waals surface area contributed by atoms with E-state index in [4.69, 9.17) is 38.9 Å². The van der Waals surface area contributed by atoms with Crippen LogP contribution in [-0.2, 0) is 11.3 Å². The summed E-state index contributed by atoms with van der Waals surface area (Å²) in [7, 11) is 0. The van der Waals surface area contributed by atoms with Crippen LogP contribution in [-0.4, -0.2) is 5.97 Å². The fourth-order valence-electron chi connectivity index (χ4n) is 1.66. The summed E-state index contributed by atoms with van der Waals surface area (Å²) in [6.07, 6.45) is 0. The Morgan fingerprint density at radius 1 is 1.24 bits per heavy atom. The van der Waals surface area contributed by atoms with Gasteiger partial charge in [0.25, 0.3) is 0 Å². The lowest BCUT2D eigenvalue weighted by Gasteiger charge is -2.09. The summed E-state index contributed by atoms with van der Waals surface area (Å²) >= 11 is 11.7. The van der Waals surface area contributed by atoms with Crippen LogP contribution >= 0.6 is 23.2 Å². The zero-order valence-corrected chi connectivity index (χ0v) is 12.3. The highest BCUT2D eigenvalue weighted by Crippen LogP contribution is 2.28. The molecule has 106 valence electrons. The van der Waals surface area contributed by atoms with Crippen LogP contribution in [0.5, 0.6) is 0 Å². The Morgan fingerprint density at radius 3 is 2.52 bits per heavy atom. The number of ether oxygens (including phenoxy) is 1. The number of carbonyl (C=O) groups excluding carboxylic acids is 1. The van der Waals surface area contributed by atoms with Gasteiger partial charge in [0.1, 0.15) is 6.61 Å². The summed E-state index contributed by atoms with van der Waals surface area (Å²) in [5.74, 6) is -0.610. The molecule has 0 aliphatic carbocycles. The van der Waals surface area contributed by atoms with E-state index in [1.165, 1.54) is 12.1 Å². The van der Waals surface area contributed by atoms with Gasteiger partial charge in [-0.2, -0.15) is 5.26 Å². The minimum atomic E-state index is -0.610. The first-order valence-corrected chi connectivity index (χ1v) is 6.67. The maximum Gasteiger partial charge on any atom is 0.340 e. The SMILES string of the molecule is N#Cc1ccc(COC(=O)c2cc(Cl)cc(Cl)c2N)cc1. The first kappa shape index (κ1) is 15.2. The second kappa shape index (κ2) is 6.49. The first-order chi connectivity index (χ1) is 10.0. The van der Waals surface area contributed by atoms with Gasteiger partial charge in [0, 0.05) is 5.02 Å². The molecule has 0 aliphatic heterocycles. The Hall–Kier alpha value is -2.22. The van der Waals surface area contributed by atoms with Gasteiger partial charge >= 0.3 is 5.97 Å². The second-order valence-electron chi connectivity index (χ2n) is 4.23. The molecule has 4 nitrogen and oxygen atoms in total. The Bertz CT molecular complexity index is 722. The quantitative estimate of drug-likeness (QED) is 0.689. The van der Waals surface area contributed by atoms with Crippen LogP contribution < -0.4 is 5.73 Å². The third kappa shape index (κ3) is 3.66. The van der Waals surface area contributed by atoms with Crippen LogP contribution in [0.2, 0.25) is 10.0 Å². The number of nitriles is 1. The molecule has 0 radical (unpaired) electrons. The molecule has 0 amide bonds. The number of anilines is 1. The van der Waals surface area contributed by atoms with Crippen molar-refractivity contribution in [3.8, 4) is 6.07 Å². The largest absolute Gasteiger partial charge is 0.457 e. The fraction of sp³-hybridized carbons (Fsp3) is 0.0667. The predicted molar refractivity (Wildman–Crippen MR) is 81.2 cm³/mol. The summed E-state index contributed by atoms with van der Waals surface area (Å²) in [4.78, 5) is 12.0. The number of halogens is 2. The first-order valence-electron chi connectivity index (χ1n) is 5.92. The van der Waals surface area contributed by atoms with Crippen molar-refractivity contribution in [1.82, 2.24) is 0 Å². The molecule has 0 heterocycles. The molecule has 2 aromatic carbocycles. The summed E-state index contributed by atoms with van der Waals surface area (Å²) in [5.41, 5.74) is 7.28. The molecule has 0 aliphatic rings. The molecule has 6 heteroatoms. The van der Waals surface area contributed by atoms with Gasteiger partial charge in [-0.15, -0.1) is 0 Å². The highest BCUT2D eigenvalue weighted by Gasteiger charge is 2.15. The van der Waals surface area contributed by atoms with Crippen LogP contribution in [0.25, 0.3) is 0 Å². The number of nitrogens with two attached hydrogens (primary N) is 1. The number of benzene rings is 2. The van der Waals surface area contributed by atoms with E-state index in [0.717, 1.165) is 5.56 Å². The Labute approximate surface area is 131 Å². The van der Waals surface area contributed by atoms with E-state index in [1.807, 2.05) is 6.07 Å². The number of rotatable bonds is 3. The van der Waals surface area contributed by atoms with Crippen LogP contribution in [0, 0.1) is 11.3 Å². The highest BCUT2D eigenvalue weighted by molar-refractivity contribution is 6.37. The van der Waals surface area contributed by atoms with Gasteiger partial charge in [0.15, 0.2) is 0 Å². The van der Waals surface area contributed by atoms with E-state index in [2.05, 4.69) is 0 Å². The van der Waals surface area contributed by atoms with Crippen LogP contribution in [0.1, 0.15) is 21.5 Å². The molecule has 21 heavy (non-hydrogen) atoms. The average Bonchev–Trinajstić information content (AvgIpc) is 2.49. The lowest BCUT2D eigenvalue weighted by Crippen LogP contribution is -2.08. The van der Waals surface area contributed by atoms with Crippen molar-refractivity contribution in [3.63, 3.8) is 0 Å². The third-order valence-electron chi connectivity index (χ3n) is 2.77. The molecule has 0 atom stereocenters. The van der Waals surface area contributed by atoms with Gasteiger partial charge in [-0.25, -0.2) is 4.79 Å². The molecular weight excluding hydrogens is 311 g/mol. The average molecular weight is 321 g/mol. The Morgan fingerprint density at radius 2 is 1.90 bits per heavy atom. The monoisotopic (exact) mass is 320 g/mol. The second-order valence-corrected chi connectivity index (χ2v) is 5.08. The summed E-state index contributed by atoms with van der Waals surface area (Å²) in [6, 6.07) is 11.6. The minimum absolute atomic E-state index is 0.0636. The molecule has 2 rings (SSSR count). The molecule has 0 spiro atoms. The molecule has 0 saturated carbocycles. The normalized spacial score (nSPS) is 9.95. The molecule has 0 fully saturated rings. The van der Waals surface area contributed by atoms with Gasteiger partial charge in [0.2, 0.25) is 0 Å². The summed E-state index contributed by atoms with van der Waals surface area (Å²) in [6.45, 7) is 0.0636. The van der Waals surface area contributed by atoms with Crippen LogP contribution in [0.4, 0.5) is 5.69 Å². The van der Waals surface area contributed by atoms with Crippen LogP contribution in [0.3, 0.4) is 0 Å². The highest BCUT2D eigenvalue weighted by atomic mass is 35.5. The zero-order valence-electron chi connectivity index (χ0n) is 10.8. The van der Waals surface area contributed by atoms with Gasteiger partial charge in [-0.1, -0.05) is 35.3 Å². The van der Waals surface area contributed by atoms with E-state index in [-0.39, 0.29) is 22.9 Å². The third-order valence-corrected chi connectivity index (χ3v) is 3.30. The molecule has 2 aromatic rings. The molecule has 0 aromatic heterocycles. The van der Waals surface area contributed by atoms with Gasteiger partial charge in [-0.3, -0.25) is 0 Å². The predicted octanol–water partition coefficient (Wildman–Crippen LogP) is 3.80. The van der Waals surface area contributed by atoms with E-state index < -0.39 is 5.97 Å². The Kier molecular flexibility index (Phi) is 4.69. The maximum atomic E-state index is 12.0. The van der Waals surface area contributed by atoms with Crippen molar-refractivity contribution < 1.29 is 9.53 Å². The molecule has 0 unspecified atom stereocenters. The van der Waals surface area contributed by atoms with Crippen molar-refractivity contribution in [3.05, 3.63) is 63.1 Å². The van der Waals surface area contributed by atoms with Crippen molar-refractivity contribution in [1.29, 1.82) is 5.26 Å². The lowest BCUT2D eigenvalue weighted by atomic mass is 10.1.